The summed E-state index contributed by atoms with van der Waals surface area (Å²) in [6.45, 7) is 8.03. The highest BCUT2D eigenvalue weighted by atomic mass is 16.9. The van der Waals surface area contributed by atoms with Crippen molar-refractivity contribution in [3.63, 3.8) is 0 Å². The third-order valence-corrected chi connectivity index (χ3v) is 3.97. The van der Waals surface area contributed by atoms with Crippen molar-refractivity contribution in [1.82, 2.24) is 0 Å². The van der Waals surface area contributed by atoms with Crippen molar-refractivity contribution < 1.29 is 19.3 Å². The van der Waals surface area contributed by atoms with Crippen LogP contribution in [0.1, 0.15) is 36.6 Å². The van der Waals surface area contributed by atoms with Gasteiger partial charge in [0.25, 0.3) is 0 Å². The van der Waals surface area contributed by atoms with Gasteiger partial charge in [0.1, 0.15) is 18.8 Å². The minimum atomic E-state index is -0.991. The lowest BCUT2D eigenvalue weighted by molar-refractivity contribution is -0.359. The smallest absolute Gasteiger partial charge is 0.197 e. The van der Waals surface area contributed by atoms with Gasteiger partial charge < -0.3 is 19.3 Å². The molecular weight excluding hydrogens is 244 g/mol. The molecule has 0 radical (unpaired) electrons. The highest BCUT2D eigenvalue weighted by molar-refractivity contribution is 5.33. The molecule has 104 valence electrons. The van der Waals surface area contributed by atoms with E-state index in [1.807, 2.05) is 32.9 Å². The van der Waals surface area contributed by atoms with Crippen molar-refractivity contribution in [2.24, 2.45) is 0 Å². The Labute approximate surface area is 113 Å². The lowest BCUT2D eigenvalue weighted by atomic mass is 9.93. The molecule has 4 heteroatoms. The number of aliphatic hydroxyl groups is 1. The van der Waals surface area contributed by atoms with Crippen LogP contribution in [0.25, 0.3) is 0 Å². The normalized spacial score (nSPS) is 41.5. The van der Waals surface area contributed by atoms with Crippen LogP contribution in [-0.2, 0) is 14.2 Å². The lowest BCUT2D eigenvalue weighted by Gasteiger charge is -2.42. The number of hydrogen-bond acceptors (Lipinski definition) is 4. The topological polar surface area (TPSA) is 47.9 Å². The van der Waals surface area contributed by atoms with Gasteiger partial charge in [-0.15, -0.1) is 0 Å². The van der Waals surface area contributed by atoms with Crippen molar-refractivity contribution >= 4 is 0 Å². The summed E-state index contributed by atoms with van der Waals surface area (Å²) in [6.07, 6.45) is -1.27. The van der Waals surface area contributed by atoms with Gasteiger partial charge in [-0.2, -0.15) is 0 Å². The van der Waals surface area contributed by atoms with Gasteiger partial charge in [0.2, 0.25) is 0 Å². The van der Waals surface area contributed by atoms with Crippen LogP contribution in [0.4, 0.5) is 0 Å². The Balaban J connectivity index is 2.01. The average molecular weight is 264 g/mol. The van der Waals surface area contributed by atoms with Gasteiger partial charge in [-0.1, -0.05) is 23.8 Å². The Morgan fingerprint density at radius 1 is 1.26 bits per heavy atom. The van der Waals surface area contributed by atoms with Gasteiger partial charge in [0, 0.05) is 0 Å². The zero-order valence-corrected chi connectivity index (χ0v) is 11.8. The van der Waals surface area contributed by atoms with E-state index in [0.29, 0.717) is 6.61 Å². The predicted octanol–water partition coefficient (Wildman–Crippen LogP) is 2.21. The Bertz CT molecular complexity index is 515. The monoisotopic (exact) mass is 264 g/mol. The second-order valence-corrected chi connectivity index (χ2v) is 5.88. The number of hydrogen-bond donors (Lipinski definition) is 1. The molecule has 2 heterocycles. The first-order valence-corrected chi connectivity index (χ1v) is 6.60. The second-order valence-electron chi connectivity index (χ2n) is 5.88. The molecule has 2 saturated heterocycles. The summed E-state index contributed by atoms with van der Waals surface area (Å²) in [7, 11) is 0. The Morgan fingerprint density at radius 3 is 2.68 bits per heavy atom. The first-order valence-electron chi connectivity index (χ1n) is 6.60. The molecule has 0 spiro atoms. The van der Waals surface area contributed by atoms with E-state index in [1.54, 1.807) is 6.92 Å². The maximum absolute atomic E-state index is 10.5. The molecule has 2 fully saturated rings. The third kappa shape index (κ3) is 1.99. The first-order chi connectivity index (χ1) is 8.83. The van der Waals surface area contributed by atoms with Gasteiger partial charge in [-0.05, 0) is 38.8 Å². The fourth-order valence-corrected chi connectivity index (χ4v) is 2.95. The maximum atomic E-state index is 10.5. The number of aliphatic hydroxyl groups excluding tert-OH is 1. The quantitative estimate of drug-likeness (QED) is 0.845. The van der Waals surface area contributed by atoms with Crippen molar-refractivity contribution in [2.75, 3.05) is 6.61 Å². The molecule has 0 unspecified atom stereocenters. The zero-order chi connectivity index (χ0) is 13.8. The van der Waals surface area contributed by atoms with Crippen LogP contribution in [0, 0.1) is 13.8 Å². The van der Waals surface area contributed by atoms with Crippen LogP contribution in [0.15, 0.2) is 18.2 Å². The fraction of sp³-hybridized carbons (Fsp3) is 0.600. The summed E-state index contributed by atoms with van der Waals surface area (Å²) in [5.41, 5.74) is 3.29. The Hall–Kier alpha value is -0.940. The van der Waals surface area contributed by atoms with E-state index in [2.05, 4.69) is 6.07 Å². The number of ether oxygens (including phenoxy) is 3. The summed E-state index contributed by atoms with van der Waals surface area (Å²) in [5.74, 6) is -1.77. The van der Waals surface area contributed by atoms with Crippen LogP contribution in [0.3, 0.4) is 0 Å². The average Bonchev–Trinajstić information content (AvgIpc) is 2.59. The maximum Gasteiger partial charge on any atom is 0.197 e. The van der Waals surface area contributed by atoms with Gasteiger partial charge >= 0.3 is 0 Å². The van der Waals surface area contributed by atoms with E-state index < -0.39 is 23.8 Å². The summed E-state index contributed by atoms with van der Waals surface area (Å²) in [6, 6.07) is 6.13. The standard InChI is InChI=1S/C15H20O4/c1-9-5-6-11(10(2)7-9)12-13(16)15(4)17-8-14(3,18-12)19-15/h5-7,12-13,16H,8H2,1-4H3/t12-,13+,14+,15+/m1/s1. The van der Waals surface area contributed by atoms with Crippen molar-refractivity contribution in [3.05, 3.63) is 34.9 Å². The molecule has 3 rings (SSSR count). The zero-order valence-electron chi connectivity index (χ0n) is 11.8. The molecular formula is C15H20O4. The van der Waals surface area contributed by atoms with E-state index in [-0.39, 0.29) is 0 Å². The van der Waals surface area contributed by atoms with Crippen molar-refractivity contribution in [3.8, 4) is 0 Å². The number of benzene rings is 1. The lowest BCUT2D eigenvalue weighted by Crippen LogP contribution is -2.53. The molecule has 1 aromatic carbocycles. The van der Waals surface area contributed by atoms with Crippen LogP contribution in [0.2, 0.25) is 0 Å². The van der Waals surface area contributed by atoms with Crippen LogP contribution >= 0.6 is 0 Å². The van der Waals surface area contributed by atoms with E-state index in [1.165, 1.54) is 5.56 Å². The van der Waals surface area contributed by atoms with Gasteiger partial charge in [-0.25, -0.2) is 0 Å². The molecule has 1 N–H and O–H groups in total. The minimum Gasteiger partial charge on any atom is -0.384 e. The second kappa shape index (κ2) is 4.03. The summed E-state index contributed by atoms with van der Waals surface area (Å²) >= 11 is 0. The predicted molar refractivity (Wildman–Crippen MR) is 69.6 cm³/mol. The fourth-order valence-electron chi connectivity index (χ4n) is 2.95. The Kier molecular flexibility index (Phi) is 2.77. The highest BCUT2D eigenvalue weighted by Gasteiger charge is 2.59. The highest BCUT2D eigenvalue weighted by Crippen LogP contribution is 2.47. The summed E-state index contributed by atoms with van der Waals surface area (Å²) < 4.78 is 17.3. The summed E-state index contributed by atoms with van der Waals surface area (Å²) in [4.78, 5) is 0. The van der Waals surface area contributed by atoms with Gasteiger partial charge in [0.05, 0.1) is 0 Å². The SMILES string of the molecule is Cc1ccc([C@H]2O[C@]3(C)CO[C@@](C)(O3)[C@H]2O)c(C)c1. The van der Waals surface area contributed by atoms with Crippen molar-refractivity contribution in [1.29, 1.82) is 0 Å². The van der Waals surface area contributed by atoms with E-state index in [0.717, 1.165) is 11.1 Å². The molecule has 0 saturated carbocycles. The molecule has 0 aromatic heterocycles. The molecule has 4 atom stereocenters. The minimum absolute atomic E-state index is 0.335. The first kappa shape index (κ1) is 13.1. The molecule has 1 aromatic rings. The summed E-state index contributed by atoms with van der Waals surface area (Å²) in [5, 5.41) is 10.5. The van der Waals surface area contributed by atoms with Crippen LogP contribution in [0.5, 0.6) is 0 Å². The number of fused-ring (bicyclic) bond motifs is 2. The molecule has 2 bridgehead atoms. The van der Waals surface area contributed by atoms with E-state index in [9.17, 15) is 5.11 Å². The molecule has 2 aliphatic rings. The largest absolute Gasteiger partial charge is 0.384 e. The Morgan fingerprint density at radius 2 is 2.00 bits per heavy atom. The molecule has 0 amide bonds. The molecule has 19 heavy (non-hydrogen) atoms. The van der Waals surface area contributed by atoms with Crippen LogP contribution < -0.4 is 0 Å². The molecule has 0 aliphatic carbocycles. The van der Waals surface area contributed by atoms with E-state index in [4.69, 9.17) is 14.2 Å². The van der Waals surface area contributed by atoms with E-state index >= 15 is 0 Å². The number of rotatable bonds is 1. The van der Waals surface area contributed by atoms with Crippen LogP contribution in [-0.4, -0.2) is 29.4 Å². The van der Waals surface area contributed by atoms with Gasteiger partial charge in [0.15, 0.2) is 11.6 Å². The number of aryl methyl sites for hydroxylation is 2. The molecule has 4 nitrogen and oxygen atoms in total. The third-order valence-electron chi connectivity index (χ3n) is 3.97. The van der Waals surface area contributed by atoms with Gasteiger partial charge in [-0.3, -0.25) is 0 Å². The van der Waals surface area contributed by atoms with Crippen molar-refractivity contribution in [2.45, 2.75) is 51.5 Å². The molecule has 2 aliphatic heterocycles.